The predicted octanol–water partition coefficient (Wildman–Crippen LogP) is 0.921. The largest absolute Gasteiger partial charge is 0.481 e. The third-order valence-electron chi connectivity index (χ3n) is 3.57. The molecule has 1 N–H and O–H groups in total. The van der Waals surface area contributed by atoms with E-state index in [9.17, 15) is 18.3 Å². The Morgan fingerprint density at radius 2 is 2.25 bits per heavy atom. The molecule has 0 aliphatic carbocycles. The molecule has 0 unspecified atom stereocenters. The molecule has 0 amide bonds. The van der Waals surface area contributed by atoms with Crippen LogP contribution in [0.4, 0.5) is 0 Å². The van der Waals surface area contributed by atoms with Crippen molar-refractivity contribution in [2.45, 2.75) is 19.3 Å². The molecule has 0 aromatic carbocycles. The minimum Gasteiger partial charge on any atom is -0.481 e. The van der Waals surface area contributed by atoms with Gasteiger partial charge in [0.05, 0.1) is 11.7 Å². The Balaban J connectivity index is 2.27. The molecule has 0 saturated carbocycles. The number of aliphatic carboxylic acids is 1. The second-order valence-electron chi connectivity index (χ2n) is 4.97. The van der Waals surface area contributed by atoms with Crippen molar-refractivity contribution < 1.29 is 18.3 Å². The lowest BCUT2D eigenvalue weighted by Crippen LogP contribution is -2.31. The number of sulfonamides is 1. The number of hydrogen-bond donors (Lipinski definition) is 1. The Bertz CT molecular complexity index is 573. The summed E-state index contributed by atoms with van der Waals surface area (Å²) in [6.45, 7) is 2.04. The highest BCUT2D eigenvalue weighted by Gasteiger charge is 2.42. The van der Waals surface area contributed by atoms with E-state index in [-0.39, 0.29) is 24.8 Å². The fraction of sp³-hybridized carbons (Fsp3) is 0.538. The van der Waals surface area contributed by atoms with Gasteiger partial charge < -0.3 is 5.11 Å². The van der Waals surface area contributed by atoms with Gasteiger partial charge >= 0.3 is 5.97 Å². The van der Waals surface area contributed by atoms with Crippen LogP contribution in [-0.4, -0.2) is 47.6 Å². The van der Waals surface area contributed by atoms with Crippen LogP contribution in [0.1, 0.15) is 24.8 Å². The third-order valence-corrected chi connectivity index (χ3v) is 5.58. The molecule has 2 atom stereocenters. The second-order valence-corrected chi connectivity index (χ2v) is 7.06. The monoisotopic (exact) mass is 298 g/mol. The number of hydrogen-bond acceptors (Lipinski definition) is 4. The van der Waals surface area contributed by atoms with Crippen LogP contribution in [0.5, 0.6) is 0 Å². The molecular formula is C13H18N2O4S. The molecule has 0 spiro atoms. The van der Waals surface area contributed by atoms with Crippen molar-refractivity contribution in [3.8, 4) is 0 Å². The zero-order valence-electron chi connectivity index (χ0n) is 11.3. The van der Waals surface area contributed by atoms with Crippen LogP contribution in [0.3, 0.4) is 0 Å². The molecule has 1 aliphatic rings. The molecule has 6 nitrogen and oxygen atoms in total. The van der Waals surface area contributed by atoms with E-state index in [4.69, 9.17) is 0 Å². The van der Waals surface area contributed by atoms with Crippen LogP contribution in [0.2, 0.25) is 0 Å². The van der Waals surface area contributed by atoms with Gasteiger partial charge in [-0.05, 0) is 18.1 Å². The van der Waals surface area contributed by atoms with Crippen LogP contribution in [0.25, 0.3) is 0 Å². The summed E-state index contributed by atoms with van der Waals surface area (Å²) in [5.41, 5.74) is 0.772. The van der Waals surface area contributed by atoms with E-state index >= 15 is 0 Å². The minimum absolute atomic E-state index is 0.0389. The molecular weight excluding hydrogens is 280 g/mol. The van der Waals surface area contributed by atoms with Crippen molar-refractivity contribution in [2.24, 2.45) is 5.92 Å². The lowest BCUT2D eigenvalue weighted by atomic mass is 9.90. The first-order valence-electron chi connectivity index (χ1n) is 6.56. The molecule has 2 rings (SSSR count). The highest BCUT2D eigenvalue weighted by atomic mass is 32.2. The van der Waals surface area contributed by atoms with Crippen LogP contribution in [0.15, 0.2) is 24.5 Å². The van der Waals surface area contributed by atoms with Crippen molar-refractivity contribution in [3.63, 3.8) is 0 Å². The summed E-state index contributed by atoms with van der Waals surface area (Å²) >= 11 is 0. The molecule has 0 bridgehead atoms. The summed E-state index contributed by atoms with van der Waals surface area (Å²) in [5, 5.41) is 9.32. The maximum absolute atomic E-state index is 12.1. The molecule has 1 aromatic rings. The summed E-state index contributed by atoms with van der Waals surface area (Å²) in [6, 6.07) is 3.53. The normalized spacial score (nSPS) is 23.9. The van der Waals surface area contributed by atoms with Gasteiger partial charge in [0, 0.05) is 31.4 Å². The van der Waals surface area contributed by atoms with Gasteiger partial charge in [-0.25, -0.2) is 12.7 Å². The smallest absolute Gasteiger partial charge is 0.308 e. The summed E-state index contributed by atoms with van der Waals surface area (Å²) < 4.78 is 25.5. The minimum atomic E-state index is -3.37. The van der Waals surface area contributed by atoms with Gasteiger partial charge in [0.2, 0.25) is 10.0 Å². The maximum atomic E-state index is 12.1. The Morgan fingerprint density at radius 1 is 1.50 bits per heavy atom. The predicted molar refractivity (Wildman–Crippen MR) is 73.8 cm³/mol. The number of carboxylic acids is 1. The molecule has 1 saturated heterocycles. The summed E-state index contributed by atoms with van der Waals surface area (Å²) in [7, 11) is -3.37. The average molecular weight is 298 g/mol. The molecule has 20 heavy (non-hydrogen) atoms. The standard InChI is InChI=1S/C13H18N2O4S/c1-2-6-20(18,19)15-8-11(12(9-15)13(16)17)10-4-3-5-14-7-10/h3-5,7,11-12H,2,6,8-9H2,1H3,(H,16,17)/t11-,12+/m1/s1. The summed E-state index contributed by atoms with van der Waals surface area (Å²) in [4.78, 5) is 15.4. The Morgan fingerprint density at radius 3 is 2.80 bits per heavy atom. The van der Waals surface area contributed by atoms with Crippen LogP contribution >= 0.6 is 0 Å². The number of carboxylic acid groups (broad SMARTS) is 1. The highest BCUT2D eigenvalue weighted by Crippen LogP contribution is 2.34. The van der Waals surface area contributed by atoms with Crippen molar-refractivity contribution >= 4 is 16.0 Å². The number of nitrogens with zero attached hydrogens (tertiary/aromatic N) is 2. The van der Waals surface area contributed by atoms with E-state index in [0.717, 1.165) is 5.56 Å². The zero-order chi connectivity index (χ0) is 14.8. The highest BCUT2D eigenvalue weighted by molar-refractivity contribution is 7.89. The Hall–Kier alpha value is -1.47. The summed E-state index contributed by atoms with van der Waals surface area (Å²) in [5.74, 6) is -1.97. The van der Waals surface area contributed by atoms with Crippen molar-refractivity contribution in [3.05, 3.63) is 30.1 Å². The molecule has 110 valence electrons. The molecule has 1 aromatic heterocycles. The number of aromatic nitrogens is 1. The third kappa shape index (κ3) is 2.99. The van der Waals surface area contributed by atoms with Crippen molar-refractivity contribution in [1.82, 2.24) is 9.29 Å². The van der Waals surface area contributed by atoms with E-state index in [0.29, 0.717) is 6.42 Å². The first-order valence-corrected chi connectivity index (χ1v) is 8.17. The molecule has 1 aliphatic heterocycles. The first kappa shape index (κ1) is 14.9. The van der Waals surface area contributed by atoms with Gasteiger partial charge in [0.1, 0.15) is 0 Å². The van der Waals surface area contributed by atoms with E-state index in [1.54, 1.807) is 31.5 Å². The fourth-order valence-electron chi connectivity index (χ4n) is 2.57. The van der Waals surface area contributed by atoms with Gasteiger partial charge in [0.25, 0.3) is 0 Å². The quantitative estimate of drug-likeness (QED) is 0.873. The number of pyridine rings is 1. The Kier molecular flexibility index (Phi) is 4.39. The van der Waals surface area contributed by atoms with E-state index in [2.05, 4.69) is 4.98 Å². The van der Waals surface area contributed by atoms with Gasteiger partial charge in [-0.3, -0.25) is 9.78 Å². The molecule has 0 radical (unpaired) electrons. The van der Waals surface area contributed by atoms with Crippen molar-refractivity contribution in [1.29, 1.82) is 0 Å². The van der Waals surface area contributed by atoms with Crippen LogP contribution < -0.4 is 0 Å². The Labute approximate surface area is 118 Å². The number of rotatable bonds is 5. The topological polar surface area (TPSA) is 87.6 Å². The van der Waals surface area contributed by atoms with E-state index in [1.807, 2.05) is 0 Å². The van der Waals surface area contributed by atoms with Crippen molar-refractivity contribution in [2.75, 3.05) is 18.8 Å². The molecule has 7 heteroatoms. The van der Waals surface area contributed by atoms with Crippen LogP contribution in [-0.2, 0) is 14.8 Å². The lowest BCUT2D eigenvalue weighted by molar-refractivity contribution is -0.141. The van der Waals surface area contributed by atoms with Gasteiger partial charge in [-0.1, -0.05) is 13.0 Å². The first-order chi connectivity index (χ1) is 9.45. The number of carbonyl (C=O) groups is 1. The van der Waals surface area contributed by atoms with Gasteiger partial charge in [0.15, 0.2) is 0 Å². The molecule has 1 fully saturated rings. The van der Waals surface area contributed by atoms with E-state index < -0.39 is 21.9 Å². The maximum Gasteiger partial charge on any atom is 0.308 e. The van der Waals surface area contributed by atoms with E-state index in [1.165, 1.54) is 4.31 Å². The average Bonchev–Trinajstić information content (AvgIpc) is 2.85. The molecule has 2 heterocycles. The fourth-order valence-corrected chi connectivity index (χ4v) is 4.11. The lowest BCUT2D eigenvalue weighted by Gasteiger charge is -2.15. The van der Waals surface area contributed by atoms with Gasteiger partial charge in [-0.2, -0.15) is 0 Å². The SMILES string of the molecule is CCCS(=O)(=O)N1C[C@H](C(=O)O)[C@@H](c2cccnc2)C1. The van der Waals surface area contributed by atoms with Crippen LogP contribution in [0, 0.1) is 5.92 Å². The summed E-state index contributed by atoms with van der Waals surface area (Å²) in [6.07, 6.45) is 3.74. The second kappa shape index (κ2) is 5.88. The zero-order valence-corrected chi connectivity index (χ0v) is 12.1. The van der Waals surface area contributed by atoms with Gasteiger partial charge in [-0.15, -0.1) is 0 Å².